The summed E-state index contributed by atoms with van der Waals surface area (Å²) < 4.78 is 37.7. The molecule has 0 aromatic heterocycles. The largest absolute Gasteiger partial charge is 0.417 e. The molecule has 0 aliphatic rings. The molecule has 1 aromatic rings. The first-order valence-electron chi connectivity index (χ1n) is 5.13. The van der Waals surface area contributed by atoms with Gasteiger partial charge in [0.1, 0.15) is 0 Å². The van der Waals surface area contributed by atoms with Crippen LogP contribution in [0.1, 0.15) is 12.5 Å². The van der Waals surface area contributed by atoms with Crippen LogP contribution >= 0.6 is 24.0 Å². The molecular weight excluding hydrogens is 304 g/mol. The fourth-order valence-electron chi connectivity index (χ4n) is 1.19. The van der Waals surface area contributed by atoms with Gasteiger partial charge >= 0.3 is 6.18 Å². The van der Waals surface area contributed by atoms with E-state index >= 15 is 0 Å². The highest BCUT2D eigenvalue weighted by atomic mass is 35.5. The molecule has 0 spiro atoms. The minimum absolute atomic E-state index is 0. The molecular formula is C11H13Cl2F3N2O. The number of hydrogen-bond donors (Lipinski definition) is 2. The van der Waals surface area contributed by atoms with Crippen molar-refractivity contribution in [2.75, 3.05) is 11.9 Å². The van der Waals surface area contributed by atoms with Crippen molar-refractivity contribution in [2.45, 2.75) is 13.1 Å². The molecule has 108 valence electrons. The first-order chi connectivity index (χ1) is 8.25. The second-order valence-corrected chi connectivity index (χ2v) is 4.23. The van der Waals surface area contributed by atoms with Crippen LogP contribution in [0.2, 0.25) is 5.02 Å². The molecule has 8 heteroatoms. The van der Waals surface area contributed by atoms with Crippen LogP contribution in [0, 0.1) is 5.92 Å². The molecule has 1 aromatic carbocycles. The first-order valence-corrected chi connectivity index (χ1v) is 5.51. The van der Waals surface area contributed by atoms with Crippen LogP contribution in [0.15, 0.2) is 18.2 Å². The predicted octanol–water partition coefficient (Wildman–Crippen LogP) is 3.31. The van der Waals surface area contributed by atoms with Crippen LogP contribution in [0.4, 0.5) is 18.9 Å². The monoisotopic (exact) mass is 316 g/mol. The number of nitrogens with one attached hydrogen (secondary N) is 1. The summed E-state index contributed by atoms with van der Waals surface area (Å²) in [6.45, 7) is 1.70. The average Bonchev–Trinajstić information content (AvgIpc) is 2.29. The number of anilines is 1. The molecule has 1 rings (SSSR count). The first kappa shape index (κ1) is 18.0. The molecule has 1 atom stereocenters. The zero-order chi connectivity index (χ0) is 13.9. The van der Waals surface area contributed by atoms with Gasteiger partial charge in [-0.1, -0.05) is 18.5 Å². The van der Waals surface area contributed by atoms with Crippen molar-refractivity contribution >= 4 is 35.6 Å². The fraction of sp³-hybridized carbons (Fsp3) is 0.364. The van der Waals surface area contributed by atoms with Gasteiger partial charge in [0.15, 0.2) is 0 Å². The second kappa shape index (κ2) is 6.98. The quantitative estimate of drug-likeness (QED) is 0.898. The Morgan fingerprint density at radius 3 is 2.53 bits per heavy atom. The van der Waals surface area contributed by atoms with Gasteiger partial charge in [-0.05, 0) is 18.2 Å². The van der Waals surface area contributed by atoms with Crippen molar-refractivity contribution in [1.82, 2.24) is 0 Å². The number of carbonyl (C=O) groups excluding carboxylic acids is 1. The Balaban J connectivity index is 0.00000324. The molecule has 3 N–H and O–H groups in total. The maximum Gasteiger partial charge on any atom is 0.417 e. The van der Waals surface area contributed by atoms with Crippen molar-refractivity contribution in [3.05, 3.63) is 28.8 Å². The summed E-state index contributed by atoms with van der Waals surface area (Å²) in [5, 5.41) is 1.94. The fourth-order valence-corrected chi connectivity index (χ4v) is 1.42. The van der Waals surface area contributed by atoms with Crippen molar-refractivity contribution in [2.24, 2.45) is 11.7 Å². The van der Waals surface area contributed by atoms with E-state index in [9.17, 15) is 18.0 Å². The predicted molar refractivity (Wildman–Crippen MR) is 70.6 cm³/mol. The van der Waals surface area contributed by atoms with Crippen molar-refractivity contribution in [1.29, 1.82) is 0 Å². The summed E-state index contributed by atoms with van der Waals surface area (Å²) in [6, 6.07) is 3.19. The number of rotatable bonds is 3. The third-order valence-corrected chi connectivity index (χ3v) is 2.67. The molecule has 0 fully saturated rings. The zero-order valence-corrected chi connectivity index (χ0v) is 11.5. The molecule has 3 nitrogen and oxygen atoms in total. The van der Waals surface area contributed by atoms with Crippen molar-refractivity contribution < 1.29 is 18.0 Å². The van der Waals surface area contributed by atoms with E-state index in [1.807, 2.05) is 0 Å². The van der Waals surface area contributed by atoms with Crippen LogP contribution in [-0.2, 0) is 11.0 Å². The lowest BCUT2D eigenvalue weighted by molar-refractivity contribution is -0.137. The molecule has 0 aliphatic carbocycles. The summed E-state index contributed by atoms with van der Waals surface area (Å²) >= 11 is 5.45. The van der Waals surface area contributed by atoms with E-state index < -0.39 is 28.6 Å². The van der Waals surface area contributed by atoms with Gasteiger partial charge in [-0.2, -0.15) is 13.2 Å². The molecule has 0 saturated carbocycles. The highest BCUT2D eigenvalue weighted by Gasteiger charge is 2.33. The summed E-state index contributed by atoms with van der Waals surface area (Å²) in [5.41, 5.74) is 4.34. The number of nitrogens with two attached hydrogens (primary N) is 1. The van der Waals surface area contributed by atoms with E-state index in [1.165, 1.54) is 6.07 Å². The molecule has 0 aliphatic heterocycles. The third-order valence-electron chi connectivity index (χ3n) is 2.34. The summed E-state index contributed by atoms with van der Waals surface area (Å²) in [4.78, 5) is 11.5. The molecule has 0 heterocycles. The zero-order valence-electron chi connectivity index (χ0n) is 9.92. The number of carbonyl (C=O) groups is 1. The Labute approximate surface area is 119 Å². The molecule has 0 saturated heterocycles. The standard InChI is InChI=1S/C11H12ClF3N2O.ClH/c1-6(5-16)10(18)17-7-2-3-9(12)8(4-7)11(13,14)15;/h2-4,6H,5,16H2,1H3,(H,17,18);1H. The highest BCUT2D eigenvalue weighted by Crippen LogP contribution is 2.36. The van der Waals surface area contributed by atoms with Crippen LogP contribution in [0.3, 0.4) is 0 Å². The molecule has 1 amide bonds. The lowest BCUT2D eigenvalue weighted by Crippen LogP contribution is -2.26. The van der Waals surface area contributed by atoms with Crippen molar-refractivity contribution in [3.63, 3.8) is 0 Å². The normalized spacial score (nSPS) is 12.5. The Bertz CT molecular complexity index is 452. The molecule has 1 unspecified atom stereocenters. The number of halogens is 5. The summed E-state index contributed by atoms with van der Waals surface area (Å²) in [5.74, 6) is -0.914. The van der Waals surface area contributed by atoms with Gasteiger partial charge in [0.25, 0.3) is 0 Å². The third kappa shape index (κ3) is 4.89. The van der Waals surface area contributed by atoms with E-state index in [1.54, 1.807) is 6.92 Å². The molecule has 19 heavy (non-hydrogen) atoms. The maximum atomic E-state index is 12.6. The van der Waals surface area contributed by atoms with Crippen molar-refractivity contribution in [3.8, 4) is 0 Å². The van der Waals surface area contributed by atoms with Gasteiger partial charge in [0, 0.05) is 18.2 Å². The van der Waals surface area contributed by atoms with Gasteiger partial charge in [0.2, 0.25) is 5.91 Å². The lowest BCUT2D eigenvalue weighted by atomic mass is 10.1. The SMILES string of the molecule is CC(CN)C(=O)Nc1ccc(Cl)c(C(F)(F)F)c1.Cl. The maximum absolute atomic E-state index is 12.6. The van der Waals surface area contributed by atoms with Gasteiger partial charge in [0.05, 0.1) is 10.6 Å². The minimum Gasteiger partial charge on any atom is -0.330 e. The molecule has 0 radical (unpaired) electrons. The summed E-state index contributed by atoms with van der Waals surface area (Å²) in [7, 11) is 0. The number of hydrogen-bond acceptors (Lipinski definition) is 2. The Morgan fingerprint density at radius 2 is 2.05 bits per heavy atom. The topological polar surface area (TPSA) is 55.1 Å². The Kier molecular flexibility index (Phi) is 6.62. The second-order valence-electron chi connectivity index (χ2n) is 3.82. The van der Waals surface area contributed by atoms with Crippen LogP contribution in [0.5, 0.6) is 0 Å². The summed E-state index contributed by atoms with van der Waals surface area (Å²) in [6.07, 6.45) is -4.56. The number of alkyl halides is 3. The van der Waals surface area contributed by atoms with Gasteiger partial charge in [-0.25, -0.2) is 0 Å². The Morgan fingerprint density at radius 1 is 1.47 bits per heavy atom. The van der Waals surface area contributed by atoms with E-state index in [2.05, 4.69) is 5.32 Å². The van der Waals surface area contributed by atoms with Gasteiger partial charge in [-0.15, -0.1) is 12.4 Å². The Hall–Kier alpha value is -0.980. The van der Waals surface area contributed by atoms with E-state index in [0.717, 1.165) is 12.1 Å². The van der Waals surface area contributed by atoms with E-state index in [4.69, 9.17) is 17.3 Å². The smallest absolute Gasteiger partial charge is 0.330 e. The lowest BCUT2D eigenvalue weighted by Gasteiger charge is -2.13. The van der Waals surface area contributed by atoms with Crippen LogP contribution < -0.4 is 11.1 Å². The minimum atomic E-state index is -4.56. The average molecular weight is 317 g/mol. The number of benzene rings is 1. The van der Waals surface area contributed by atoms with E-state index in [0.29, 0.717) is 0 Å². The van der Waals surface area contributed by atoms with Gasteiger partial charge in [-0.3, -0.25) is 4.79 Å². The molecule has 0 bridgehead atoms. The van der Waals surface area contributed by atoms with Crippen LogP contribution in [-0.4, -0.2) is 12.5 Å². The van der Waals surface area contributed by atoms with Gasteiger partial charge < -0.3 is 11.1 Å². The van der Waals surface area contributed by atoms with Crippen LogP contribution in [0.25, 0.3) is 0 Å². The van der Waals surface area contributed by atoms with E-state index in [-0.39, 0.29) is 24.6 Å². The number of amides is 1. The highest BCUT2D eigenvalue weighted by molar-refractivity contribution is 6.31.